The van der Waals surface area contributed by atoms with E-state index in [4.69, 9.17) is 12.2 Å². The summed E-state index contributed by atoms with van der Waals surface area (Å²) >= 11 is 5.18. The number of nitrogens with zero attached hydrogens (tertiary/aromatic N) is 1. The minimum Gasteiger partial charge on any atom is -0.356 e. The summed E-state index contributed by atoms with van der Waals surface area (Å²) in [7, 11) is 0. The standard InChI is InChI=1S/C15H17N3OS/c1-12(19)16-9-3-2-4-13-5-7-14(8-6-13)18-11-10-17-15(18)20/h2,4-8,10-11H,3,9H2,1H3,(H,16,19)(H,17,20). The lowest BCUT2D eigenvalue weighted by Crippen LogP contribution is -2.20. The number of hydrogen-bond donors (Lipinski definition) is 2. The van der Waals surface area contributed by atoms with E-state index >= 15 is 0 Å². The normalized spacial score (nSPS) is 10.8. The maximum absolute atomic E-state index is 10.7. The maximum Gasteiger partial charge on any atom is 0.216 e. The minimum absolute atomic E-state index is 0.00555. The van der Waals surface area contributed by atoms with Gasteiger partial charge >= 0.3 is 0 Å². The molecular formula is C15H17N3OS. The van der Waals surface area contributed by atoms with Crippen molar-refractivity contribution >= 4 is 24.2 Å². The van der Waals surface area contributed by atoms with E-state index in [1.807, 2.05) is 53.4 Å². The first-order valence-corrected chi connectivity index (χ1v) is 6.85. The second-order valence-electron chi connectivity index (χ2n) is 4.40. The fourth-order valence-electron chi connectivity index (χ4n) is 1.82. The second-order valence-corrected chi connectivity index (χ2v) is 4.79. The lowest BCUT2D eigenvalue weighted by molar-refractivity contribution is -0.118. The van der Waals surface area contributed by atoms with Crippen LogP contribution in [0.4, 0.5) is 0 Å². The van der Waals surface area contributed by atoms with Crippen molar-refractivity contribution in [2.45, 2.75) is 13.3 Å². The summed E-state index contributed by atoms with van der Waals surface area (Å²) in [5.41, 5.74) is 2.16. The van der Waals surface area contributed by atoms with Gasteiger partial charge in [-0.3, -0.25) is 9.36 Å². The molecule has 0 aliphatic heterocycles. The van der Waals surface area contributed by atoms with Crippen LogP contribution in [0.15, 0.2) is 42.7 Å². The zero-order chi connectivity index (χ0) is 14.4. The van der Waals surface area contributed by atoms with Crippen molar-refractivity contribution in [1.82, 2.24) is 14.9 Å². The van der Waals surface area contributed by atoms with Gasteiger partial charge in [0.2, 0.25) is 5.91 Å². The number of nitrogens with one attached hydrogen (secondary N) is 2. The van der Waals surface area contributed by atoms with Crippen LogP contribution >= 0.6 is 12.2 Å². The van der Waals surface area contributed by atoms with Crippen molar-refractivity contribution in [1.29, 1.82) is 0 Å². The quantitative estimate of drug-likeness (QED) is 0.656. The van der Waals surface area contributed by atoms with Gasteiger partial charge in [0.05, 0.1) is 0 Å². The Labute approximate surface area is 123 Å². The number of carbonyl (C=O) groups excluding carboxylic acids is 1. The number of rotatable bonds is 5. The van der Waals surface area contributed by atoms with Crippen molar-refractivity contribution in [3.05, 3.63) is 53.1 Å². The number of aromatic amines is 1. The highest BCUT2D eigenvalue weighted by Crippen LogP contribution is 2.11. The Morgan fingerprint density at radius 1 is 1.40 bits per heavy atom. The molecule has 5 heteroatoms. The number of hydrogen-bond acceptors (Lipinski definition) is 2. The molecule has 104 valence electrons. The zero-order valence-electron chi connectivity index (χ0n) is 11.3. The molecule has 1 aromatic carbocycles. The van der Waals surface area contributed by atoms with Gasteiger partial charge in [-0.25, -0.2) is 0 Å². The highest BCUT2D eigenvalue weighted by atomic mass is 32.1. The van der Waals surface area contributed by atoms with E-state index < -0.39 is 0 Å². The molecule has 4 nitrogen and oxygen atoms in total. The Morgan fingerprint density at radius 2 is 2.15 bits per heavy atom. The van der Waals surface area contributed by atoms with Crippen molar-refractivity contribution in [3.8, 4) is 5.69 Å². The van der Waals surface area contributed by atoms with Crippen LogP contribution in [0.25, 0.3) is 11.8 Å². The van der Waals surface area contributed by atoms with Crippen LogP contribution in [0.1, 0.15) is 18.9 Å². The molecule has 2 rings (SSSR count). The largest absolute Gasteiger partial charge is 0.356 e. The zero-order valence-corrected chi connectivity index (χ0v) is 12.1. The van der Waals surface area contributed by atoms with Gasteiger partial charge in [0.25, 0.3) is 0 Å². The second kappa shape index (κ2) is 6.86. The Bertz CT molecular complexity index is 652. The van der Waals surface area contributed by atoms with E-state index in [2.05, 4.69) is 10.3 Å². The Hall–Kier alpha value is -2.14. The third-order valence-corrected chi connectivity index (χ3v) is 3.13. The van der Waals surface area contributed by atoms with Gasteiger partial charge < -0.3 is 10.3 Å². The molecule has 0 saturated heterocycles. The smallest absolute Gasteiger partial charge is 0.216 e. The minimum atomic E-state index is 0.00555. The summed E-state index contributed by atoms with van der Waals surface area (Å²) in [5.74, 6) is 0.00555. The SMILES string of the molecule is CC(=O)NCCC=Cc1ccc(-n2cc[nH]c2=S)cc1. The fraction of sp³-hybridized carbons (Fsp3) is 0.200. The summed E-state index contributed by atoms with van der Waals surface area (Å²) in [6, 6.07) is 8.13. The van der Waals surface area contributed by atoms with Crippen molar-refractivity contribution < 1.29 is 4.79 Å². The molecular weight excluding hydrogens is 270 g/mol. The lowest BCUT2D eigenvalue weighted by Gasteiger charge is -2.02. The van der Waals surface area contributed by atoms with Crippen molar-refractivity contribution in [2.75, 3.05) is 6.54 Å². The number of imidazole rings is 1. The molecule has 1 amide bonds. The van der Waals surface area contributed by atoms with Gasteiger partial charge in [-0.2, -0.15) is 0 Å². The highest BCUT2D eigenvalue weighted by Gasteiger charge is 1.96. The third kappa shape index (κ3) is 3.93. The molecule has 0 fully saturated rings. The molecule has 0 saturated carbocycles. The topological polar surface area (TPSA) is 49.8 Å². The molecule has 1 aromatic heterocycles. The molecule has 0 aliphatic carbocycles. The first-order chi connectivity index (χ1) is 9.66. The lowest BCUT2D eigenvalue weighted by atomic mass is 10.2. The molecule has 0 atom stereocenters. The summed E-state index contributed by atoms with van der Waals surface area (Å²) < 4.78 is 2.60. The van der Waals surface area contributed by atoms with E-state index in [0.29, 0.717) is 11.3 Å². The highest BCUT2D eigenvalue weighted by molar-refractivity contribution is 7.71. The van der Waals surface area contributed by atoms with Crippen LogP contribution in [-0.4, -0.2) is 22.0 Å². The number of H-pyrrole nitrogens is 1. The van der Waals surface area contributed by atoms with E-state index in [1.165, 1.54) is 6.92 Å². The van der Waals surface area contributed by atoms with E-state index in [-0.39, 0.29) is 5.91 Å². The molecule has 2 aromatic rings. The molecule has 0 aliphatic rings. The summed E-state index contributed by atoms with van der Waals surface area (Å²) in [6.07, 6.45) is 8.64. The molecule has 1 heterocycles. The molecule has 0 radical (unpaired) electrons. The van der Waals surface area contributed by atoms with Crippen LogP contribution in [-0.2, 0) is 4.79 Å². The van der Waals surface area contributed by atoms with Crippen LogP contribution in [0, 0.1) is 4.77 Å². The first-order valence-electron chi connectivity index (χ1n) is 6.44. The number of benzene rings is 1. The summed E-state index contributed by atoms with van der Waals surface area (Å²) in [6.45, 7) is 2.19. The molecule has 0 bridgehead atoms. The van der Waals surface area contributed by atoms with Gasteiger partial charge in [0.15, 0.2) is 4.77 Å². The molecule has 0 unspecified atom stereocenters. The van der Waals surface area contributed by atoms with Gasteiger partial charge in [0, 0.05) is 31.5 Å². The Morgan fingerprint density at radius 3 is 2.75 bits per heavy atom. The van der Waals surface area contributed by atoms with Crippen LogP contribution in [0.3, 0.4) is 0 Å². The monoisotopic (exact) mass is 287 g/mol. The average Bonchev–Trinajstić information content (AvgIpc) is 2.85. The van der Waals surface area contributed by atoms with Crippen LogP contribution < -0.4 is 5.32 Å². The molecule has 0 spiro atoms. The predicted octanol–water partition coefficient (Wildman–Crippen LogP) is 3.07. The Kier molecular flexibility index (Phi) is 4.90. The van der Waals surface area contributed by atoms with E-state index in [0.717, 1.165) is 17.7 Å². The van der Waals surface area contributed by atoms with Crippen molar-refractivity contribution in [2.24, 2.45) is 0 Å². The van der Waals surface area contributed by atoms with E-state index in [1.54, 1.807) is 0 Å². The summed E-state index contributed by atoms with van der Waals surface area (Å²) in [5, 5.41) is 2.76. The van der Waals surface area contributed by atoms with Gasteiger partial charge in [-0.05, 0) is 36.3 Å². The van der Waals surface area contributed by atoms with Crippen LogP contribution in [0.5, 0.6) is 0 Å². The van der Waals surface area contributed by atoms with E-state index in [9.17, 15) is 4.79 Å². The average molecular weight is 287 g/mol. The van der Waals surface area contributed by atoms with Gasteiger partial charge in [-0.1, -0.05) is 24.3 Å². The van der Waals surface area contributed by atoms with Crippen molar-refractivity contribution in [3.63, 3.8) is 0 Å². The fourth-order valence-corrected chi connectivity index (χ4v) is 2.05. The molecule has 20 heavy (non-hydrogen) atoms. The molecule has 2 N–H and O–H groups in total. The summed E-state index contributed by atoms with van der Waals surface area (Å²) in [4.78, 5) is 13.7. The number of aromatic nitrogens is 2. The predicted molar refractivity (Wildman–Crippen MR) is 83.3 cm³/mol. The third-order valence-electron chi connectivity index (χ3n) is 2.82. The van der Waals surface area contributed by atoms with Gasteiger partial charge in [-0.15, -0.1) is 0 Å². The maximum atomic E-state index is 10.7. The number of amides is 1. The van der Waals surface area contributed by atoms with Gasteiger partial charge in [0.1, 0.15) is 0 Å². The number of carbonyl (C=O) groups is 1. The Balaban J connectivity index is 1.95. The van der Waals surface area contributed by atoms with Crippen LogP contribution in [0.2, 0.25) is 0 Å². The first kappa shape index (κ1) is 14.3.